The fourth-order valence-electron chi connectivity index (χ4n) is 2.84. The summed E-state index contributed by atoms with van der Waals surface area (Å²) < 4.78 is 17.2. The topological polar surface area (TPSA) is 88.4 Å². The third-order valence-electron chi connectivity index (χ3n) is 4.44. The molecule has 0 amide bonds. The van der Waals surface area contributed by atoms with Gasteiger partial charge in [0.25, 0.3) is 0 Å². The van der Waals surface area contributed by atoms with E-state index in [0.29, 0.717) is 19.8 Å². The fraction of sp³-hybridized carbons (Fsp3) is 1.00. The Morgan fingerprint density at radius 1 is 0.542 bits per heavy atom. The lowest BCUT2D eigenvalue weighted by Gasteiger charge is -2.45. The molecule has 0 unspecified atom stereocenters. The Hall–Kier alpha value is -0.240. The molecule has 1 fully saturated rings. The normalized spacial score (nSPS) is 33.8. The molecule has 1 aliphatic rings. The first-order valence-electron chi connectivity index (χ1n) is 9.47. The molecule has 1 rings (SSSR count). The Morgan fingerprint density at radius 2 is 0.875 bits per heavy atom. The lowest BCUT2D eigenvalue weighted by Crippen LogP contribution is -2.65. The molecule has 3 N–H and O–H groups in total. The molecule has 6 atom stereocenters. The molecule has 1 saturated carbocycles. The van der Waals surface area contributed by atoms with Crippen molar-refractivity contribution in [3.05, 3.63) is 0 Å². The molecule has 6 heteroatoms. The molecular weight excluding hydrogens is 312 g/mol. The molecule has 24 heavy (non-hydrogen) atoms. The average Bonchev–Trinajstić information content (AvgIpc) is 2.58. The Kier molecular flexibility index (Phi) is 11.1. The van der Waals surface area contributed by atoms with Gasteiger partial charge in [0.2, 0.25) is 0 Å². The predicted octanol–water partition coefficient (Wildman–Crippen LogP) is 1.64. The van der Waals surface area contributed by atoms with Crippen LogP contribution in [0.25, 0.3) is 0 Å². The van der Waals surface area contributed by atoms with Crippen molar-refractivity contribution in [3.63, 3.8) is 0 Å². The SMILES string of the molecule is CCCCO[C@@H]1[C@@H](O)[C@@H](O)[C@@H](OCCCC)[C@H](OCCCC)[C@H]1O. The first-order valence-corrected chi connectivity index (χ1v) is 9.47. The van der Waals surface area contributed by atoms with Gasteiger partial charge in [-0.1, -0.05) is 40.0 Å². The van der Waals surface area contributed by atoms with E-state index < -0.39 is 36.6 Å². The van der Waals surface area contributed by atoms with E-state index in [2.05, 4.69) is 13.8 Å². The third-order valence-corrected chi connectivity index (χ3v) is 4.44. The summed E-state index contributed by atoms with van der Waals surface area (Å²) in [5.74, 6) is 0. The molecule has 0 bridgehead atoms. The highest BCUT2D eigenvalue weighted by atomic mass is 16.6. The van der Waals surface area contributed by atoms with Gasteiger partial charge in [0, 0.05) is 19.8 Å². The maximum Gasteiger partial charge on any atom is 0.115 e. The van der Waals surface area contributed by atoms with Gasteiger partial charge < -0.3 is 29.5 Å². The molecular formula is C18H36O6. The van der Waals surface area contributed by atoms with E-state index in [1.807, 2.05) is 6.92 Å². The second-order valence-corrected chi connectivity index (χ2v) is 6.54. The highest BCUT2D eigenvalue weighted by molar-refractivity contribution is 5.01. The summed E-state index contributed by atoms with van der Waals surface area (Å²) in [6.45, 7) is 7.54. The largest absolute Gasteiger partial charge is 0.387 e. The predicted molar refractivity (Wildman–Crippen MR) is 92.0 cm³/mol. The van der Waals surface area contributed by atoms with Crippen LogP contribution in [0.4, 0.5) is 0 Å². The van der Waals surface area contributed by atoms with Crippen LogP contribution >= 0.6 is 0 Å². The van der Waals surface area contributed by atoms with Crippen LogP contribution in [-0.4, -0.2) is 71.8 Å². The zero-order valence-electron chi connectivity index (χ0n) is 15.4. The van der Waals surface area contributed by atoms with Crippen LogP contribution in [0, 0.1) is 0 Å². The van der Waals surface area contributed by atoms with Gasteiger partial charge in [-0.25, -0.2) is 0 Å². The first-order chi connectivity index (χ1) is 11.6. The zero-order chi connectivity index (χ0) is 17.9. The number of hydrogen-bond donors (Lipinski definition) is 3. The maximum absolute atomic E-state index is 10.6. The van der Waals surface area contributed by atoms with Crippen molar-refractivity contribution in [1.82, 2.24) is 0 Å². The summed E-state index contributed by atoms with van der Waals surface area (Å²) in [4.78, 5) is 0. The smallest absolute Gasteiger partial charge is 0.115 e. The van der Waals surface area contributed by atoms with Crippen LogP contribution < -0.4 is 0 Å². The van der Waals surface area contributed by atoms with Crippen molar-refractivity contribution in [2.24, 2.45) is 0 Å². The summed E-state index contributed by atoms with van der Waals surface area (Å²) in [5.41, 5.74) is 0. The molecule has 0 saturated heterocycles. The van der Waals surface area contributed by atoms with Crippen molar-refractivity contribution >= 4 is 0 Å². The van der Waals surface area contributed by atoms with Crippen molar-refractivity contribution in [1.29, 1.82) is 0 Å². The summed E-state index contributed by atoms with van der Waals surface area (Å²) in [6, 6.07) is 0. The van der Waals surface area contributed by atoms with Gasteiger partial charge in [0.1, 0.15) is 36.6 Å². The van der Waals surface area contributed by atoms with Crippen LogP contribution in [-0.2, 0) is 14.2 Å². The zero-order valence-corrected chi connectivity index (χ0v) is 15.4. The van der Waals surface area contributed by atoms with Gasteiger partial charge in [0.15, 0.2) is 0 Å². The molecule has 0 aromatic carbocycles. The van der Waals surface area contributed by atoms with Gasteiger partial charge in [-0.2, -0.15) is 0 Å². The monoisotopic (exact) mass is 348 g/mol. The standard InChI is InChI=1S/C18H36O6/c1-4-7-10-22-16-13(19)14(20)17(23-11-8-5-2)18(15(16)21)24-12-9-6-3/h13-21H,4-12H2,1-3H3/t13-,14+,15-,16+,17+,18+/m0/s1. The van der Waals surface area contributed by atoms with Crippen molar-refractivity contribution in [3.8, 4) is 0 Å². The van der Waals surface area contributed by atoms with E-state index in [0.717, 1.165) is 38.5 Å². The minimum absolute atomic E-state index is 0.436. The number of aliphatic hydroxyl groups is 3. The van der Waals surface area contributed by atoms with Crippen molar-refractivity contribution in [2.75, 3.05) is 19.8 Å². The molecule has 0 aliphatic heterocycles. The van der Waals surface area contributed by atoms with Crippen LogP contribution in [0.15, 0.2) is 0 Å². The average molecular weight is 348 g/mol. The first kappa shape index (κ1) is 21.8. The van der Waals surface area contributed by atoms with E-state index in [4.69, 9.17) is 14.2 Å². The van der Waals surface area contributed by atoms with Crippen molar-refractivity contribution in [2.45, 2.75) is 95.9 Å². The van der Waals surface area contributed by atoms with E-state index in [-0.39, 0.29) is 0 Å². The number of rotatable bonds is 12. The van der Waals surface area contributed by atoms with Crippen LogP contribution in [0.5, 0.6) is 0 Å². The van der Waals surface area contributed by atoms with E-state index in [1.54, 1.807) is 0 Å². The Balaban J connectivity index is 2.77. The third kappa shape index (κ3) is 6.24. The highest BCUT2D eigenvalue weighted by Crippen LogP contribution is 2.28. The van der Waals surface area contributed by atoms with Crippen LogP contribution in [0.1, 0.15) is 59.3 Å². The van der Waals surface area contributed by atoms with Gasteiger partial charge in [-0.3, -0.25) is 0 Å². The van der Waals surface area contributed by atoms with Crippen LogP contribution in [0.3, 0.4) is 0 Å². The number of unbranched alkanes of at least 4 members (excludes halogenated alkanes) is 3. The Bertz CT molecular complexity index is 314. The van der Waals surface area contributed by atoms with E-state index in [9.17, 15) is 15.3 Å². The van der Waals surface area contributed by atoms with E-state index in [1.165, 1.54) is 0 Å². The minimum atomic E-state index is -1.19. The molecule has 0 heterocycles. The molecule has 6 nitrogen and oxygen atoms in total. The van der Waals surface area contributed by atoms with Gasteiger partial charge in [-0.15, -0.1) is 0 Å². The summed E-state index contributed by atoms with van der Waals surface area (Å²) in [7, 11) is 0. The van der Waals surface area contributed by atoms with Gasteiger partial charge in [0.05, 0.1) is 0 Å². The number of hydrogen-bond acceptors (Lipinski definition) is 6. The number of ether oxygens (including phenoxy) is 3. The quantitative estimate of drug-likeness (QED) is 0.465. The summed E-state index contributed by atoms with van der Waals surface area (Å²) in [6.07, 6.45) is -0.180. The molecule has 0 aromatic heterocycles. The molecule has 144 valence electrons. The second-order valence-electron chi connectivity index (χ2n) is 6.54. The molecule has 0 spiro atoms. The van der Waals surface area contributed by atoms with Crippen LogP contribution in [0.2, 0.25) is 0 Å². The molecule has 1 aliphatic carbocycles. The summed E-state index contributed by atoms with van der Waals surface area (Å²) in [5, 5.41) is 31.5. The molecule has 0 aromatic rings. The highest BCUT2D eigenvalue weighted by Gasteiger charge is 2.51. The Labute approximate surface area is 146 Å². The summed E-state index contributed by atoms with van der Waals surface area (Å²) >= 11 is 0. The van der Waals surface area contributed by atoms with Crippen molar-refractivity contribution < 1.29 is 29.5 Å². The second kappa shape index (κ2) is 12.2. The lowest BCUT2D eigenvalue weighted by atomic mass is 9.84. The van der Waals surface area contributed by atoms with Gasteiger partial charge >= 0.3 is 0 Å². The maximum atomic E-state index is 10.6. The Morgan fingerprint density at radius 3 is 1.29 bits per heavy atom. The van der Waals surface area contributed by atoms with E-state index >= 15 is 0 Å². The van der Waals surface area contributed by atoms with Gasteiger partial charge in [-0.05, 0) is 19.3 Å². The number of aliphatic hydroxyl groups excluding tert-OH is 3. The lowest BCUT2D eigenvalue weighted by molar-refractivity contribution is -0.256. The molecule has 0 radical (unpaired) electrons. The fourth-order valence-corrected chi connectivity index (χ4v) is 2.84. The minimum Gasteiger partial charge on any atom is -0.387 e.